The van der Waals surface area contributed by atoms with Crippen LogP contribution in [-0.4, -0.2) is 56.6 Å². The van der Waals surface area contributed by atoms with Crippen molar-refractivity contribution in [3.8, 4) is 0 Å². The third-order valence-corrected chi connectivity index (χ3v) is 2.63. The summed E-state index contributed by atoms with van der Waals surface area (Å²) in [4.78, 5) is 0. The molecule has 7 nitrogen and oxygen atoms in total. The maximum absolute atomic E-state index is 9.69. The quantitative estimate of drug-likeness (QED) is 0.474. The summed E-state index contributed by atoms with van der Waals surface area (Å²) in [5.41, 5.74) is 0. The molecule has 0 aliphatic carbocycles. The molecule has 0 bridgehead atoms. The molecule has 4 N–H and O–H groups in total. The normalized spacial score (nSPS) is 39.9. The highest BCUT2D eigenvalue weighted by Crippen LogP contribution is 2.31. The Morgan fingerprint density at radius 2 is 1.94 bits per heavy atom. The summed E-state index contributed by atoms with van der Waals surface area (Å²) in [7, 11) is 0. The summed E-state index contributed by atoms with van der Waals surface area (Å²) in [5, 5.41) is 41.1. The largest absolute Gasteiger partial charge is 0.394 e. The van der Waals surface area contributed by atoms with E-state index in [4.69, 9.17) is 14.4 Å². The smallest absolute Gasteiger partial charge is 0.168 e. The van der Waals surface area contributed by atoms with Gasteiger partial charge in [-0.25, -0.2) is 0 Å². The highest BCUT2D eigenvalue weighted by Gasteiger charge is 2.45. The van der Waals surface area contributed by atoms with E-state index in [9.17, 15) is 15.3 Å². The Balaban J connectivity index is 2.20. The Morgan fingerprint density at radius 1 is 1.19 bits per heavy atom. The average molecular weight is 231 g/mol. The Morgan fingerprint density at radius 3 is 2.50 bits per heavy atom. The zero-order valence-corrected chi connectivity index (χ0v) is 8.30. The van der Waals surface area contributed by atoms with E-state index in [1.807, 2.05) is 0 Å². The summed E-state index contributed by atoms with van der Waals surface area (Å²) in [6, 6.07) is 1.48. The topological polar surface area (TPSA) is 116 Å². The maximum atomic E-state index is 9.69. The third kappa shape index (κ3) is 1.83. The SMILES string of the molecule is OC[C@H]1OC(c2ccno2)[C@H](O)[C@@H](O)[C@@H]1O. The molecule has 0 radical (unpaired) electrons. The first-order chi connectivity index (χ1) is 7.65. The van der Waals surface area contributed by atoms with Crippen molar-refractivity contribution in [3.63, 3.8) is 0 Å². The number of aromatic nitrogens is 1. The van der Waals surface area contributed by atoms with Crippen LogP contribution in [0, 0.1) is 0 Å². The molecule has 0 spiro atoms. The molecule has 2 rings (SSSR count). The lowest BCUT2D eigenvalue weighted by Gasteiger charge is -2.38. The van der Waals surface area contributed by atoms with Gasteiger partial charge in [-0.15, -0.1) is 0 Å². The van der Waals surface area contributed by atoms with Crippen LogP contribution < -0.4 is 0 Å². The Labute approximate surface area is 90.9 Å². The summed E-state index contributed by atoms with van der Waals surface area (Å²) in [6.45, 7) is -0.463. The van der Waals surface area contributed by atoms with Crippen molar-refractivity contribution in [2.24, 2.45) is 0 Å². The van der Waals surface area contributed by atoms with Gasteiger partial charge in [-0.1, -0.05) is 5.16 Å². The molecular formula is C9H13NO6. The highest BCUT2D eigenvalue weighted by atomic mass is 16.6. The van der Waals surface area contributed by atoms with E-state index in [2.05, 4.69) is 5.16 Å². The van der Waals surface area contributed by atoms with Crippen molar-refractivity contribution in [2.45, 2.75) is 30.5 Å². The number of hydrogen-bond donors (Lipinski definition) is 4. The summed E-state index contributed by atoms with van der Waals surface area (Å²) >= 11 is 0. The first-order valence-electron chi connectivity index (χ1n) is 4.86. The molecule has 0 aromatic carbocycles. The van der Waals surface area contributed by atoms with Crippen LogP contribution in [-0.2, 0) is 4.74 Å². The van der Waals surface area contributed by atoms with Gasteiger partial charge in [-0.2, -0.15) is 0 Å². The van der Waals surface area contributed by atoms with Crippen molar-refractivity contribution < 1.29 is 29.7 Å². The number of nitrogens with zero attached hydrogens (tertiary/aromatic N) is 1. The summed E-state index contributed by atoms with van der Waals surface area (Å²) < 4.78 is 10.0. The van der Waals surface area contributed by atoms with Crippen molar-refractivity contribution in [2.75, 3.05) is 6.61 Å². The molecule has 1 aromatic rings. The van der Waals surface area contributed by atoms with Crippen LogP contribution in [0.25, 0.3) is 0 Å². The number of hydrogen-bond acceptors (Lipinski definition) is 7. The molecule has 16 heavy (non-hydrogen) atoms. The van der Waals surface area contributed by atoms with Crippen molar-refractivity contribution >= 4 is 0 Å². The van der Waals surface area contributed by atoms with Crippen molar-refractivity contribution in [3.05, 3.63) is 18.0 Å². The fourth-order valence-corrected chi connectivity index (χ4v) is 1.71. The minimum Gasteiger partial charge on any atom is -0.394 e. The van der Waals surface area contributed by atoms with E-state index in [1.54, 1.807) is 0 Å². The molecule has 2 heterocycles. The molecular weight excluding hydrogens is 218 g/mol. The molecule has 1 aliphatic heterocycles. The molecule has 0 saturated carbocycles. The van der Waals surface area contributed by atoms with Crippen molar-refractivity contribution in [1.29, 1.82) is 0 Å². The zero-order chi connectivity index (χ0) is 11.7. The van der Waals surface area contributed by atoms with Gasteiger partial charge in [-0.3, -0.25) is 0 Å². The molecule has 1 aliphatic rings. The Bertz CT molecular complexity index is 327. The second-order valence-corrected chi connectivity index (χ2v) is 3.66. The molecule has 0 amide bonds. The van der Waals surface area contributed by atoms with Gasteiger partial charge < -0.3 is 29.7 Å². The molecule has 1 aromatic heterocycles. The molecule has 1 unspecified atom stereocenters. The van der Waals surface area contributed by atoms with Crippen LogP contribution in [0.3, 0.4) is 0 Å². The molecule has 5 atom stereocenters. The monoisotopic (exact) mass is 231 g/mol. The number of rotatable bonds is 2. The minimum atomic E-state index is -1.40. The van der Waals surface area contributed by atoms with Crippen molar-refractivity contribution in [1.82, 2.24) is 5.16 Å². The molecule has 1 fully saturated rings. The van der Waals surface area contributed by atoms with Gasteiger partial charge in [0.15, 0.2) is 5.76 Å². The van der Waals surface area contributed by atoms with E-state index < -0.39 is 37.1 Å². The maximum Gasteiger partial charge on any atom is 0.168 e. The van der Waals surface area contributed by atoms with E-state index >= 15 is 0 Å². The fourth-order valence-electron chi connectivity index (χ4n) is 1.71. The second-order valence-electron chi connectivity index (χ2n) is 3.66. The van der Waals surface area contributed by atoms with E-state index in [1.165, 1.54) is 12.3 Å². The van der Waals surface area contributed by atoms with Crippen LogP contribution in [0.2, 0.25) is 0 Å². The third-order valence-electron chi connectivity index (χ3n) is 2.63. The molecule has 1 saturated heterocycles. The molecule has 7 heteroatoms. The van der Waals surface area contributed by atoms with Gasteiger partial charge in [0.1, 0.15) is 30.5 Å². The van der Waals surface area contributed by atoms with Gasteiger partial charge in [0.2, 0.25) is 0 Å². The molecule has 90 valence electrons. The van der Waals surface area contributed by atoms with Gasteiger partial charge >= 0.3 is 0 Å². The predicted octanol–water partition coefficient (Wildman–Crippen LogP) is -1.81. The van der Waals surface area contributed by atoms with Crippen LogP contribution >= 0.6 is 0 Å². The Hall–Kier alpha value is -0.990. The fraction of sp³-hybridized carbons (Fsp3) is 0.667. The summed E-state index contributed by atoms with van der Waals surface area (Å²) in [6.07, 6.45) is -4.60. The average Bonchev–Trinajstić information content (AvgIpc) is 2.80. The van der Waals surface area contributed by atoms with Gasteiger partial charge in [0, 0.05) is 6.07 Å². The Kier molecular flexibility index (Phi) is 3.22. The number of ether oxygens (including phenoxy) is 1. The standard InChI is InChI=1S/C9H13NO6/c11-3-5-6(12)7(13)8(14)9(15-5)4-1-2-10-16-4/h1-2,5-9,11-14H,3H2/t5-,6-,7+,8-,9?/m1/s1. The van der Waals surface area contributed by atoms with E-state index in [0.717, 1.165) is 0 Å². The second kappa shape index (κ2) is 4.48. The van der Waals surface area contributed by atoms with Gasteiger partial charge in [0.25, 0.3) is 0 Å². The van der Waals surface area contributed by atoms with E-state index in [0.29, 0.717) is 0 Å². The van der Waals surface area contributed by atoms with Crippen LogP contribution in [0.4, 0.5) is 0 Å². The highest BCUT2D eigenvalue weighted by molar-refractivity contribution is 5.05. The van der Waals surface area contributed by atoms with E-state index in [-0.39, 0.29) is 5.76 Å². The first-order valence-corrected chi connectivity index (χ1v) is 4.86. The number of aliphatic hydroxyl groups is 4. The lowest BCUT2D eigenvalue weighted by molar-refractivity contribution is -0.236. The number of aliphatic hydroxyl groups excluding tert-OH is 4. The lowest BCUT2D eigenvalue weighted by atomic mass is 9.94. The zero-order valence-electron chi connectivity index (χ0n) is 8.30. The minimum absolute atomic E-state index is 0.233. The van der Waals surface area contributed by atoms with Crippen LogP contribution in [0.15, 0.2) is 16.8 Å². The lowest BCUT2D eigenvalue weighted by Crippen LogP contribution is -2.55. The van der Waals surface area contributed by atoms with Crippen LogP contribution in [0.1, 0.15) is 11.9 Å². The predicted molar refractivity (Wildman–Crippen MR) is 49.2 cm³/mol. The summed E-state index contributed by atoms with van der Waals surface area (Å²) in [5.74, 6) is 0.233. The van der Waals surface area contributed by atoms with Gasteiger partial charge in [-0.05, 0) is 0 Å². The van der Waals surface area contributed by atoms with Crippen LogP contribution in [0.5, 0.6) is 0 Å². The first kappa shape index (κ1) is 11.5. The van der Waals surface area contributed by atoms with Gasteiger partial charge in [0.05, 0.1) is 12.8 Å².